The Bertz CT molecular complexity index is 645. The summed E-state index contributed by atoms with van der Waals surface area (Å²) in [7, 11) is 0. The Labute approximate surface area is 130 Å². The number of amides is 1. The van der Waals surface area contributed by atoms with Crippen LogP contribution in [0, 0.1) is 6.92 Å². The van der Waals surface area contributed by atoms with E-state index in [1.807, 2.05) is 25.1 Å². The summed E-state index contributed by atoms with van der Waals surface area (Å²) in [6, 6.07) is 5.28. The van der Waals surface area contributed by atoms with E-state index in [-0.39, 0.29) is 11.9 Å². The van der Waals surface area contributed by atoms with Gasteiger partial charge in [-0.3, -0.25) is 4.79 Å². The molecular formula is C14H14BrN3O3. The number of carbonyl (C=O) groups excluding carboxylic acids is 1. The van der Waals surface area contributed by atoms with Crippen LogP contribution in [-0.2, 0) is 4.74 Å². The normalized spacial score (nSPS) is 18.8. The Balaban J connectivity index is 1.93. The minimum absolute atomic E-state index is 0.0492. The third-order valence-corrected chi connectivity index (χ3v) is 4.42. The zero-order valence-electron chi connectivity index (χ0n) is 11.5. The highest BCUT2D eigenvalue weighted by atomic mass is 79.9. The number of rotatable bonds is 2. The SMILES string of the molecule is Cc1c(Br)cccc1C(=O)N1CCOC[C@H]1c1ncon1. The zero-order valence-corrected chi connectivity index (χ0v) is 13.0. The van der Waals surface area contributed by atoms with Crippen molar-refractivity contribution >= 4 is 21.8 Å². The van der Waals surface area contributed by atoms with Crippen molar-refractivity contribution in [3.05, 3.63) is 46.0 Å². The fraction of sp³-hybridized carbons (Fsp3) is 0.357. The topological polar surface area (TPSA) is 68.5 Å². The monoisotopic (exact) mass is 351 g/mol. The molecule has 0 radical (unpaired) electrons. The van der Waals surface area contributed by atoms with Crippen LogP contribution in [0.4, 0.5) is 0 Å². The van der Waals surface area contributed by atoms with Gasteiger partial charge in [-0.05, 0) is 24.6 Å². The molecule has 1 atom stereocenters. The van der Waals surface area contributed by atoms with Crippen LogP contribution in [-0.4, -0.2) is 40.7 Å². The Hall–Kier alpha value is -1.73. The van der Waals surface area contributed by atoms with Gasteiger partial charge in [0.25, 0.3) is 5.91 Å². The molecular weight excluding hydrogens is 338 g/mol. The molecule has 1 fully saturated rings. The Kier molecular flexibility index (Phi) is 4.03. The lowest BCUT2D eigenvalue weighted by Gasteiger charge is -2.34. The zero-order chi connectivity index (χ0) is 14.8. The van der Waals surface area contributed by atoms with Crippen LogP contribution >= 0.6 is 15.9 Å². The molecule has 0 spiro atoms. The number of halogens is 1. The number of hydrogen-bond acceptors (Lipinski definition) is 5. The van der Waals surface area contributed by atoms with Crippen molar-refractivity contribution < 1.29 is 14.1 Å². The van der Waals surface area contributed by atoms with Crippen LogP contribution in [0.5, 0.6) is 0 Å². The van der Waals surface area contributed by atoms with Crippen LogP contribution in [0.3, 0.4) is 0 Å². The second kappa shape index (κ2) is 5.95. The van der Waals surface area contributed by atoms with E-state index in [1.54, 1.807) is 4.90 Å². The van der Waals surface area contributed by atoms with Gasteiger partial charge < -0.3 is 14.2 Å². The largest absolute Gasteiger partial charge is 0.377 e. The van der Waals surface area contributed by atoms with Crippen LogP contribution in [0.15, 0.2) is 33.6 Å². The lowest BCUT2D eigenvalue weighted by Crippen LogP contribution is -2.44. The molecule has 0 saturated carbocycles. The molecule has 0 unspecified atom stereocenters. The molecule has 0 N–H and O–H groups in total. The standard InChI is InChI=1S/C14H14BrN3O3/c1-9-10(3-2-4-11(9)15)14(19)18-5-6-20-7-12(18)13-16-8-21-17-13/h2-4,8,12H,5-7H2,1H3/t12-/m0/s1. The number of carbonyl (C=O) groups is 1. The maximum Gasteiger partial charge on any atom is 0.254 e. The summed E-state index contributed by atoms with van der Waals surface area (Å²) in [5.41, 5.74) is 1.58. The molecule has 6 nitrogen and oxygen atoms in total. The van der Waals surface area contributed by atoms with Gasteiger partial charge in [0.05, 0.1) is 13.2 Å². The van der Waals surface area contributed by atoms with Gasteiger partial charge in [0.15, 0.2) is 5.82 Å². The lowest BCUT2D eigenvalue weighted by molar-refractivity contribution is -0.00581. The lowest BCUT2D eigenvalue weighted by atomic mass is 10.1. The van der Waals surface area contributed by atoms with Crippen molar-refractivity contribution in [3.63, 3.8) is 0 Å². The van der Waals surface area contributed by atoms with Crippen LogP contribution in [0.25, 0.3) is 0 Å². The first-order valence-corrected chi connectivity index (χ1v) is 7.38. The summed E-state index contributed by atoms with van der Waals surface area (Å²) in [6.07, 6.45) is 1.26. The second-order valence-corrected chi connectivity index (χ2v) is 5.65. The number of nitrogens with zero attached hydrogens (tertiary/aromatic N) is 3. The molecule has 2 aromatic rings. The fourth-order valence-electron chi connectivity index (χ4n) is 2.38. The third-order valence-electron chi connectivity index (χ3n) is 3.56. The maximum atomic E-state index is 12.8. The first-order chi connectivity index (χ1) is 10.2. The number of morpholine rings is 1. The van der Waals surface area contributed by atoms with E-state index < -0.39 is 0 Å². The summed E-state index contributed by atoms with van der Waals surface area (Å²) in [5.74, 6) is 0.419. The molecule has 110 valence electrons. The van der Waals surface area contributed by atoms with E-state index in [0.717, 1.165) is 10.0 Å². The average molecular weight is 352 g/mol. The van der Waals surface area contributed by atoms with E-state index in [2.05, 4.69) is 26.1 Å². The number of benzene rings is 1. The van der Waals surface area contributed by atoms with Crippen LogP contribution in [0.1, 0.15) is 27.8 Å². The molecule has 1 aliphatic rings. The molecule has 1 aromatic carbocycles. The predicted molar refractivity (Wildman–Crippen MR) is 77.8 cm³/mol. The summed E-state index contributed by atoms with van der Waals surface area (Å²) >= 11 is 3.46. The number of aromatic nitrogens is 2. The predicted octanol–water partition coefficient (Wildman–Crippen LogP) is 2.35. The van der Waals surface area contributed by atoms with Crippen LogP contribution in [0.2, 0.25) is 0 Å². The highest BCUT2D eigenvalue weighted by Gasteiger charge is 2.32. The molecule has 3 rings (SSSR count). The van der Waals surface area contributed by atoms with Crippen molar-refractivity contribution in [1.82, 2.24) is 15.0 Å². The molecule has 1 aromatic heterocycles. The van der Waals surface area contributed by atoms with Crippen molar-refractivity contribution in [2.45, 2.75) is 13.0 Å². The Morgan fingerprint density at radius 3 is 3.10 bits per heavy atom. The number of ether oxygens (including phenoxy) is 1. The minimum atomic E-state index is -0.316. The molecule has 21 heavy (non-hydrogen) atoms. The van der Waals surface area contributed by atoms with Gasteiger partial charge in [-0.15, -0.1) is 0 Å². The van der Waals surface area contributed by atoms with E-state index >= 15 is 0 Å². The van der Waals surface area contributed by atoms with Gasteiger partial charge in [0, 0.05) is 16.6 Å². The van der Waals surface area contributed by atoms with E-state index in [0.29, 0.717) is 31.1 Å². The molecule has 0 bridgehead atoms. The third kappa shape index (κ3) is 2.71. The van der Waals surface area contributed by atoms with Crippen molar-refractivity contribution in [2.75, 3.05) is 19.8 Å². The van der Waals surface area contributed by atoms with Gasteiger partial charge in [-0.2, -0.15) is 4.98 Å². The van der Waals surface area contributed by atoms with Crippen molar-refractivity contribution in [1.29, 1.82) is 0 Å². The smallest absolute Gasteiger partial charge is 0.254 e. The van der Waals surface area contributed by atoms with Crippen molar-refractivity contribution in [2.24, 2.45) is 0 Å². The van der Waals surface area contributed by atoms with Crippen LogP contribution < -0.4 is 0 Å². The second-order valence-electron chi connectivity index (χ2n) is 4.79. The van der Waals surface area contributed by atoms with Gasteiger partial charge in [0.1, 0.15) is 6.04 Å². The Morgan fingerprint density at radius 2 is 2.33 bits per heavy atom. The molecule has 2 heterocycles. The van der Waals surface area contributed by atoms with E-state index in [1.165, 1.54) is 6.39 Å². The van der Waals surface area contributed by atoms with E-state index in [4.69, 9.17) is 9.26 Å². The molecule has 1 saturated heterocycles. The first-order valence-electron chi connectivity index (χ1n) is 6.58. The molecule has 0 aliphatic carbocycles. The molecule has 7 heteroatoms. The van der Waals surface area contributed by atoms with E-state index in [9.17, 15) is 4.79 Å². The summed E-state index contributed by atoms with van der Waals surface area (Å²) in [6.45, 7) is 3.30. The highest BCUT2D eigenvalue weighted by Crippen LogP contribution is 2.26. The number of hydrogen-bond donors (Lipinski definition) is 0. The Morgan fingerprint density at radius 1 is 1.48 bits per heavy atom. The molecule has 1 amide bonds. The fourth-order valence-corrected chi connectivity index (χ4v) is 2.75. The average Bonchev–Trinajstić information content (AvgIpc) is 3.03. The van der Waals surface area contributed by atoms with Gasteiger partial charge in [-0.25, -0.2) is 0 Å². The molecule has 1 aliphatic heterocycles. The summed E-state index contributed by atoms with van der Waals surface area (Å²) in [5, 5.41) is 3.84. The maximum absolute atomic E-state index is 12.8. The summed E-state index contributed by atoms with van der Waals surface area (Å²) in [4.78, 5) is 18.6. The first kappa shape index (κ1) is 14.2. The van der Waals surface area contributed by atoms with Gasteiger partial charge in [0.2, 0.25) is 6.39 Å². The van der Waals surface area contributed by atoms with Crippen molar-refractivity contribution in [3.8, 4) is 0 Å². The quantitative estimate of drug-likeness (QED) is 0.830. The minimum Gasteiger partial charge on any atom is -0.377 e. The highest BCUT2D eigenvalue weighted by molar-refractivity contribution is 9.10. The summed E-state index contributed by atoms with van der Waals surface area (Å²) < 4.78 is 11.1. The van der Waals surface area contributed by atoms with Gasteiger partial charge in [-0.1, -0.05) is 27.2 Å². The van der Waals surface area contributed by atoms with Gasteiger partial charge >= 0.3 is 0 Å².